The van der Waals surface area contributed by atoms with E-state index in [0.29, 0.717) is 12.1 Å². The average Bonchev–Trinajstić information content (AvgIpc) is 0.675. The topological polar surface area (TPSA) is 16.2 Å². The van der Waals surface area contributed by atoms with Gasteiger partial charge in [-0.15, -0.1) is 0 Å². The van der Waals surface area contributed by atoms with Crippen molar-refractivity contribution in [3.8, 4) is 100 Å². The molecule has 18 aromatic carbocycles. The van der Waals surface area contributed by atoms with Crippen LogP contribution in [0.1, 0.15) is 58.4 Å². The van der Waals surface area contributed by atoms with Gasteiger partial charge in [0.2, 0.25) is 0 Å². The summed E-state index contributed by atoms with van der Waals surface area (Å²) in [5.41, 5.74) is 44.4. The van der Waals surface area contributed by atoms with E-state index in [9.17, 15) is 0 Å². The maximum Gasteiger partial charge on any atom is 0.252 e. The second-order valence-corrected chi connectivity index (χ2v) is 37.4. The molecule has 0 spiro atoms. The van der Waals surface area contributed by atoms with E-state index in [4.69, 9.17) is 0 Å². The van der Waals surface area contributed by atoms with Crippen LogP contribution in [0.25, 0.3) is 100 Å². The Morgan fingerprint density at radius 3 is 0.797 bits per heavy atom. The van der Waals surface area contributed by atoms with E-state index in [1.54, 1.807) is 0 Å². The van der Waals surface area contributed by atoms with Gasteiger partial charge in [0.25, 0.3) is 13.4 Å². The predicted molar refractivity (Wildman–Crippen MR) is 542 cm³/mol. The Labute approximate surface area is 752 Å². The van der Waals surface area contributed by atoms with Crippen LogP contribution < -0.4 is 57.3 Å². The van der Waals surface area contributed by atoms with Gasteiger partial charge >= 0.3 is 0 Å². The van der Waals surface area contributed by atoms with Gasteiger partial charge in [-0.2, -0.15) is 0 Å². The van der Waals surface area contributed by atoms with Crippen molar-refractivity contribution in [2.45, 2.75) is 70.4 Å². The highest BCUT2D eigenvalue weighted by Crippen LogP contribution is 2.60. The maximum absolute atomic E-state index is 2.96. The SMILES string of the molecule is CC(C)(C)c1cc2c3c(c1)N(c1c(-c4ccccc4)cc(-c4ccccc4)cc1-c1ccccc1)c1cc4c(cc1B3c1ccccc1N2c1c(-c2ccccc2)cc(-c2ccccc2)cc1-c1ccccc1)B1c2ccccc2N(c2c(-c3ccccc3)cc(-c3ccccc3)cc2-c2ccccc2)c2cc(N3C5CC6CC(C5)CC3C6)cc(c21)N4c1ccccc1. The summed E-state index contributed by atoms with van der Waals surface area (Å²) in [6, 6.07) is 163. The van der Waals surface area contributed by atoms with Crippen LogP contribution in [0.3, 0.4) is 0 Å². The predicted octanol–water partition coefficient (Wildman–Crippen LogP) is 27.9. The van der Waals surface area contributed by atoms with Crippen LogP contribution in [0.4, 0.5) is 73.9 Å². The van der Waals surface area contributed by atoms with E-state index < -0.39 is 0 Å². The van der Waals surface area contributed by atoms with Crippen molar-refractivity contribution in [2.24, 2.45) is 11.8 Å². The molecule has 4 bridgehead atoms. The first-order valence-corrected chi connectivity index (χ1v) is 45.9. The summed E-state index contributed by atoms with van der Waals surface area (Å²) < 4.78 is 0. The molecule has 0 aromatic heterocycles. The number of rotatable bonds is 14. The Hall–Kier alpha value is -14.9. The zero-order chi connectivity index (χ0) is 84.8. The first-order chi connectivity index (χ1) is 63.1. The largest absolute Gasteiger partial charge is 0.365 e. The normalized spacial score (nSPS) is 16.4. The third-order valence-electron chi connectivity index (χ3n) is 28.9. The Balaban J connectivity index is 0.833. The van der Waals surface area contributed by atoms with Gasteiger partial charge in [0, 0.05) is 102 Å². The lowest BCUT2D eigenvalue weighted by molar-refractivity contribution is 0.0900. The fraction of sp³-hybridized carbons (Fsp3) is 0.107. The van der Waals surface area contributed by atoms with Crippen molar-refractivity contribution < 1.29 is 0 Å². The minimum atomic E-state index is -0.360. The number of fused-ring (bicyclic) bond motifs is 8. The van der Waals surface area contributed by atoms with Gasteiger partial charge in [-0.1, -0.05) is 354 Å². The van der Waals surface area contributed by atoms with Crippen molar-refractivity contribution in [2.75, 3.05) is 24.5 Å². The molecular weight excluding hydrogens is 1540 g/mol. The molecule has 2 aliphatic carbocycles. The Kier molecular flexibility index (Phi) is 18.0. The monoisotopic (exact) mass is 1640 g/mol. The summed E-state index contributed by atoms with van der Waals surface area (Å²) in [6.07, 6.45) is 6.28. The summed E-state index contributed by atoms with van der Waals surface area (Å²) in [6.45, 7) is 6.69. The number of anilines is 13. The van der Waals surface area contributed by atoms with Crippen molar-refractivity contribution in [1.29, 1.82) is 0 Å². The van der Waals surface area contributed by atoms with Crippen molar-refractivity contribution in [3.63, 3.8) is 0 Å². The second kappa shape index (κ2) is 30.5. The van der Waals surface area contributed by atoms with Crippen LogP contribution in [0.5, 0.6) is 0 Å². The molecule has 0 radical (unpaired) electrons. The van der Waals surface area contributed by atoms with Crippen LogP contribution in [-0.4, -0.2) is 25.5 Å². The summed E-state index contributed by atoms with van der Waals surface area (Å²) in [4.78, 5) is 14.0. The van der Waals surface area contributed by atoms with Crippen LogP contribution >= 0.6 is 0 Å². The third-order valence-corrected chi connectivity index (χ3v) is 28.9. The van der Waals surface area contributed by atoms with Crippen LogP contribution in [0.15, 0.2) is 425 Å². The lowest BCUT2D eigenvalue weighted by Crippen LogP contribution is -2.65. The molecule has 608 valence electrons. The minimum Gasteiger partial charge on any atom is -0.365 e. The number of benzene rings is 18. The van der Waals surface area contributed by atoms with Gasteiger partial charge in [0.05, 0.1) is 17.1 Å². The summed E-state index contributed by atoms with van der Waals surface area (Å²) in [5, 5.41) is 0. The molecule has 2 saturated carbocycles. The Morgan fingerprint density at radius 1 is 0.211 bits per heavy atom. The van der Waals surface area contributed by atoms with Crippen molar-refractivity contribution in [1.82, 2.24) is 0 Å². The van der Waals surface area contributed by atoms with Gasteiger partial charge in [-0.05, 0) is 245 Å². The molecule has 0 atom stereocenters. The van der Waals surface area contributed by atoms with E-state index in [-0.39, 0.29) is 18.8 Å². The lowest BCUT2D eigenvalue weighted by Gasteiger charge is -2.58. The summed E-state index contributed by atoms with van der Waals surface area (Å²) in [7, 11) is 0. The standard InChI is InChI=1S/C121H93B2N5/c1-121(2,3)93-73-112-116-113(74-93)128(120-102(88-52-28-11-29-53-88)71-92(83-42-18-6-19-43-83)72-103(120)89-54-30-12-31-55-89)111-78-110-106(77-107(111)123(116)104-58-34-36-60-108(104)126(112)118-98(84-44-20-7-21-45-84)67-90(81-38-14-4-15-39-81)68-99(118)85-46-22-8-23-47-85)122-105-59-35-37-61-109(105)127(119-100(86-48-24-9-25-49-86)69-91(82-40-16-5-17-41-82)70-101(119)87-50-26-10-27-51-87)115-76-97(124-95-63-79-62-80(65-95)66-96(124)64-79)75-114(117(115)122)125(110)94-56-32-13-33-57-94/h4-61,67-80,95-96H,62-66H2,1-3H3. The molecule has 0 amide bonds. The fourth-order valence-electron chi connectivity index (χ4n) is 23.5. The van der Waals surface area contributed by atoms with Gasteiger partial charge < -0.3 is 24.5 Å². The van der Waals surface area contributed by atoms with Crippen LogP contribution in [0, 0.1) is 11.8 Å². The van der Waals surface area contributed by atoms with Crippen LogP contribution in [0.2, 0.25) is 0 Å². The Bertz CT molecular complexity index is 7150. The fourth-order valence-corrected chi connectivity index (χ4v) is 23.5. The first-order valence-electron chi connectivity index (χ1n) is 45.9. The molecule has 128 heavy (non-hydrogen) atoms. The number of hydrogen-bond donors (Lipinski definition) is 0. The molecule has 0 unspecified atom stereocenters. The van der Waals surface area contributed by atoms with Gasteiger partial charge in [0.15, 0.2) is 0 Å². The molecular formula is C121H93B2N5. The number of para-hydroxylation sites is 3. The molecule has 0 N–H and O–H groups in total. The summed E-state index contributed by atoms with van der Waals surface area (Å²) in [5.74, 6) is 1.52. The molecule has 8 aliphatic rings. The molecule has 5 nitrogen and oxygen atoms in total. The van der Waals surface area contributed by atoms with Gasteiger partial charge in [0.1, 0.15) is 0 Å². The highest BCUT2D eigenvalue weighted by molar-refractivity contribution is 7.03. The average molecular weight is 1640 g/mol. The molecule has 7 heteroatoms. The first kappa shape index (κ1) is 75.6. The molecule has 4 fully saturated rings. The quantitative estimate of drug-likeness (QED) is 0.101. The zero-order valence-corrected chi connectivity index (χ0v) is 72.2. The van der Waals surface area contributed by atoms with Crippen molar-refractivity contribution >= 4 is 120 Å². The van der Waals surface area contributed by atoms with Gasteiger partial charge in [-0.25, -0.2) is 0 Å². The third kappa shape index (κ3) is 12.4. The van der Waals surface area contributed by atoms with E-state index in [2.05, 4.69) is 470 Å². The van der Waals surface area contributed by atoms with E-state index in [1.807, 2.05) is 0 Å². The molecule has 18 aromatic rings. The Morgan fingerprint density at radius 2 is 0.477 bits per heavy atom. The van der Waals surface area contributed by atoms with Crippen LogP contribution in [-0.2, 0) is 5.41 Å². The summed E-state index contributed by atoms with van der Waals surface area (Å²) >= 11 is 0. The highest BCUT2D eigenvalue weighted by atomic mass is 15.3. The smallest absolute Gasteiger partial charge is 0.252 e. The lowest BCUT2D eigenvalue weighted by atomic mass is 9.30. The minimum absolute atomic E-state index is 0.262. The van der Waals surface area contributed by atoms with E-state index in [0.717, 1.165) is 141 Å². The highest BCUT2D eigenvalue weighted by Gasteiger charge is 2.53. The van der Waals surface area contributed by atoms with Crippen molar-refractivity contribution in [3.05, 3.63) is 430 Å². The van der Waals surface area contributed by atoms with E-state index >= 15 is 0 Å². The molecule has 2 saturated heterocycles. The molecule has 6 aliphatic heterocycles. The van der Waals surface area contributed by atoms with Gasteiger partial charge in [-0.3, -0.25) is 0 Å². The number of piperidine rings is 2. The molecule has 6 heterocycles. The molecule has 26 rings (SSSR count). The maximum atomic E-state index is 2.96. The second-order valence-electron chi connectivity index (χ2n) is 37.4. The zero-order valence-electron chi connectivity index (χ0n) is 72.2. The van der Waals surface area contributed by atoms with E-state index in [1.165, 1.54) is 115 Å². The number of nitrogens with zero attached hydrogens (tertiary/aromatic N) is 5. The number of hydrogen-bond acceptors (Lipinski definition) is 5.